The fourth-order valence-corrected chi connectivity index (χ4v) is 2.70. The fourth-order valence-electron chi connectivity index (χ4n) is 2.70. The summed E-state index contributed by atoms with van der Waals surface area (Å²) in [6, 6.07) is -0.105. The zero-order chi connectivity index (χ0) is 13.7. The number of hydrogen-bond donors (Lipinski definition) is 2. The number of morpholine rings is 1. The van der Waals surface area contributed by atoms with Gasteiger partial charge in [0.1, 0.15) is 0 Å². The quantitative estimate of drug-likeness (QED) is 0.767. The van der Waals surface area contributed by atoms with Crippen LogP contribution in [-0.2, 0) is 14.3 Å². The van der Waals surface area contributed by atoms with Crippen molar-refractivity contribution in [2.75, 3.05) is 26.2 Å². The van der Waals surface area contributed by atoms with Gasteiger partial charge in [-0.25, -0.2) is 0 Å². The van der Waals surface area contributed by atoms with Crippen molar-refractivity contribution in [3.63, 3.8) is 0 Å². The Morgan fingerprint density at radius 2 is 2.16 bits per heavy atom. The third-order valence-corrected chi connectivity index (χ3v) is 3.71. The highest BCUT2D eigenvalue weighted by Gasteiger charge is 2.30. The van der Waals surface area contributed by atoms with Crippen LogP contribution in [0.2, 0.25) is 0 Å². The lowest BCUT2D eigenvalue weighted by atomic mass is 10.1. The SMILES string of the molecule is O=C(O)CC1CN(C(=O)C2CCCCCN2)CCO1. The average molecular weight is 270 g/mol. The zero-order valence-corrected chi connectivity index (χ0v) is 11.1. The van der Waals surface area contributed by atoms with Crippen LogP contribution in [0.3, 0.4) is 0 Å². The van der Waals surface area contributed by atoms with Crippen molar-refractivity contribution < 1.29 is 19.4 Å². The third-order valence-electron chi connectivity index (χ3n) is 3.71. The van der Waals surface area contributed by atoms with Crippen molar-refractivity contribution in [2.45, 2.75) is 44.2 Å². The van der Waals surface area contributed by atoms with Gasteiger partial charge in [-0.15, -0.1) is 0 Å². The molecule has 2 fully saturated rings. The topological polar surface area (TPSA) is 78.9 Å². The second-order valence-corrected chi connectivity index (χ2v) is 5.23. The molecule has 0 radical (unpaired) electrons. The van der Waals surface area contributed by atoms with Crippen molar-refractivity contribution in [3.05, 3.63) is 0 Å². The maximum Gasteiger partial charge on any atom is 0.306 e. The smallest absolute Gasteiger partial charge is 0.306 e. The summed E-state index contributed by atoms with van der Waals surface area (Å²) in [4.78, 5) is 24.8. The van der Waals surface area contributed by atoms with Crippen molar-refractivity contribution in [1.82, 2.24) is 10.2 Å². The number of ether oxygens (including phenoxy) is 1. The Morgan fingerprint density at radius 3 is 2.95 bits per heavy atom. The first kappa shape index (κ1) is 14.3. The Labute approximate surface area is 113 Å². The van der Waals surface area contributed by atoms with Gasteiger partial charge in [0.05, 0.1) is 25.2 Å². The van der Waals surface area contributed by atoms with E-state index in [4.69, 9.17) is 9.84 Å². The van der Waals surface area contributed by atoms with Gasteiger partial charge in [-0.05, 0) is 19.4 Å². The van der Waals surface area contributed by atoms with E-state index in [0.29, 0.717) is 19.7 Å². The summed E-state index contributed by atoms with van der Waals surface area (Å²) in [5, 5.41) is 12.1. The van der Waals surface area contributed by atoms with Gasteiger partial charge in [-0.3, -0.25) is 9.59 Å². The molecule has 0 aromatic heterocycles. The molecule has 2 rings (SSSR count). The van der Waals surface area contributed by atoms with Crippen LogP contribution in [-0.4, -0.2) is 60.3 Å². The number of carboxylic acids is 1. The standard InChI is InChI=1S/C13H22N2O4/c16-12(17)8-10-9-15(6-7-19-10)13(18)11-4-2-1-3-5-14-11/h10-11,14H,1-9H2,(H,16,17). The molecule has 2 heterocycles. The molecular weight excluding hydrogens is 248 g/mol. The minimum Gasteiger partial charge on any atom is -0.481 e. The molecule has 2 atom stereocenters. The summed E-state index contributed by atoms with van der Waals surface area (Å²) in [5.41, 5.74) is 0. The Bertz CT molecular complexity index is 327. The number of nitrogens with zero attached hydrogens (tertiary/aromatic N) is 1. The predicted molar refractivity (Wildman–Crippen MR) is 68.8 cm³/mol. The number of aliphatic carboxylic acids is 1. The summed E-state index contributed by atoms with van der Waals surface area (Å²) >= 11 is 0. The second kappa shape index (κ2) is 6.86. The van der Waals surface area contributed by atoms with Gasteiger partial charge in [-0.1, -0.05) is 12.8 Å². The molecule has 108 valence electrons. The molecule has 0 aromatic rings. The van der Waals surface area contributed by atoms with Gasteiger partial charge in [0.25, 0.3) is 0 Å². The Morgan fingerprint density at radius 1 is 1.32 bits per heavy atom. The van der Waals surface area contributed by atoms with Crippen LogP contribution in [0.4, 0.5) is 0 Å². The molecule has 0 aliphatic carbocycles. The van der Waals surface area contributed by atoms with Crippen LogP contribution in [0, 0.1) is 0 Å². The molecule has 0 bridgehead atoms. The van der Waals surface area contributed by atoms with Crippen LogP contribution in [0.1, 0.15) is 32.1 Å². The zero-order valence-electron chi connectivity index (χ0n) is 11.1. The maximum atomic E-state index is 12.4. The number of carbonyl (C=O) groups is 2. The van der Waals surface area contributed by atoms with Gasteiger partial charge >= 0.3 is 5.97 Å². The molecular formula is C13H22N2O4. The normalized spacial score (nSPS) is 28.7. The predicted octanol–water partition coefficient (Wildman–Crippen LogP) is 0.221. The van der Waals surface area contributed by atoms with Crippen LogP contribution < -0.4 is 5.32 Å². The minimum atomic E-state index is -0.883. The van der Waals surface area contributed by atoms with E-state index in [2.05, 4.69) is 5.32 Å². The molecule has 19 heavy (non-hydrogen) atoms. The maximum absolute atomic E-state index is 12.4. The number of carboxylic acid groups (broad SMARTS) is 1. The van der Waals surface area contributed by atoms with E-state index in [-0.39, 0.29) is 24.5 Å². The largest absolute Gasteiger partial charge is 0.481 e. The minimum absolute atomic E-state index is 0.0398. The van der Waals surface area contributed by atoms with Crippen molar-refractivity contribution in [2.24, 2.45) is 0 Å². The summed E-state index contributed by atoms with van der Waals surface area (Å²) in [6.45, 7) is 2.27. The highest BCUT2D eigenvalue weighted by atomic mass is 16.5. The first-order valence-corrected chi connectivity index (χ1v) is 7.02. The Balaban J connectivity index is 1.88. The molecule has 2 unspecified atom stereocenters. The Kier molecular flexibility index (Phi) is 5.15. The lowest BCUT2D eigenvalue weighted by Gasteiger charge is -2.34. The van der Waals surface area contributed by atoms with E-state index in [1.165, 1.54) is 6.42 Å². The molecule has 0 saturated carbocycles. The van der Waals surface area contributed by atoms with E-state index in [1.54, 1.807) is 4.90 Å². The first-order valence-electron chi connectivity index (χ1n) is 7.02. The monoisotopic (exact) mass is 270 g/mol. The average Bonchev–Trinajstić information content (AvgIpc) is 2.66. The molecule has 1 amide bonds. The van der Waals surface area contributed by atoms with Crippen molar-refractivity contribution >= 4 is 11.9 Å². The summed E-state index contributed by atoms with van der Waals surface area (Å²) in [7, 11) is 0. The van der Waals surface area contributed by atoms with E-state index in [9.17, 15) is 9.59 Å². The number of nitrogens with one attached hydrogen (secondary N) is 1. The van der Waals surface area contributed by atoms with E-state index in [1.807, 2.05) is 0 Å². The second-order valence-electron chi connectivity index (χ2n) is 5.23. The molecule has 0 aromatic carbocycles. The summed E-state index contributed by atoms with van der Waals surface area (Å²) in [6.07, 6.45) is 3.82. The molecule has 2 saturated heterocycles. The van der Waals surface area contributed by atoms with Crippen LogP contribution in [0.15, 0.2) is 0 Å². The lowest BCUT2D eigenvalue weighted by Crippen LogP contribution is -2.52. The first-order chi connectivity index (χ1) is 9.16. The molecule has 6 heteroatoms. The molecule has 2 N–H and O–H groups in total. The van der Waals surface area contributed by atoms with Crippen LogP contribution >= 0.6 is 0 Å². The van der Waals surface area contributed by atoms with Crippen LogP contribution in [0.5, 0.6) is 0 Å². The number of amides is 1. The van der Waals surface area contributed by atoms with E-state index < -0.39 is 5.97 Å². The van der Waals surface area contributed by atoms with E-state index >= 15 is 0 Å². The lowest BCUT2D eigenvalue weighted by molar-refractivity contribution is -0.148. The van der Waals surface area contributed by atoms with Crippen molar-refractivity contribution in [3.8, 4) is 0 Å². The highest BCUT2D eigenvalue weighted by molar-refractivity contribution is 5.82. The molecule has 2 aliphatic rings. The van der Waals surface area contributed by atoms with Gasteiger partial charge in [-0.2, -0.15) is 0 Å². The Hall–Kier alpha value is -1.14. The van der Waals surface area contributed by atoms with E-state index in [0.717, 1.165) is 25.8 Å². The highest BCUT2D eigenvalue weighted by Crippen LogP contribution is 2.14. The summed E-state index contributed by atoms with van der Waals surface area (Å²) in [5.74, 6) is -0.785. The molecule has 0 spiro atoms. The van der Waals surface area contributed by atoms with Gasteiger partial charge in [0.15, 0.2) is 0 Å². The number of rotatable bonds is 3. The molecule has 6 nitrogen and oxygen atoms in total. The molecule has 2 aliphatic heterocycles. The number of hydrogen-bond acceptors (Lipinski definition) is 4. The van der Waals surface area contributed by atoms with Crippen LogP contribution in [0.25, 0.3) is 0 Å². The van der Waals surface area contributed by atoms with Gasteiger partial charge < -0.3 is 20.1 Å². The van der Waals surface area contributed by atoms with Gasteiger partial charge in [0.2, 0.25) is 5.91 Å². The third kappa shape index (κ3) is 4.18. The number of carbonyl (C=O) groups excluding carboxylic acids is 1. The summed E-state index contributed by atoms with van der Waals surface area (Å²) < 4.78 is 5.39. The van der Waals surface area contributed by atoms with Gasteiger partial charge in [0, 0.05) is 13.1 Å². The van der Waals surface area contributed by atoms with Crippen molar-refractivity contribution in [1.29, 1.82) is 0 Å². The fraction of sp³-hybridized carbons (Fsp3) is 0.846.